The number of fused-ring (bicyclic) bond motifs is 1. The molecule has 2 aromatic carbocycles. The number of hydrogen-bond acceptors (Lipinski definition) is 3. The van der Waals surface area contributed by atoms with Gasteiger partial charge in [0.25, 0.3) is 0 Å². The second kappa shape index (κ2) is 8.21. The Morgan fingerprint density at radius 1 is 1.00 bits per heavy atom. The molecule has 4 heteroatoms. The molecule has 3 aromatic rings. The second-order valence-electron chi connectivity index (χ2n) is 7.34. The minimum absolute atomic E-state index is 0.208. The molecule has 1 aromatic heterocycles. The van der Waals surface area contributed by atoms with E-state index in [0.717, 1.165) is 22.9 Å². The van der Waals surface area contributed by atoms with Gasteiger partial charge in [-0.3, -0.25) is 9.59 Å². The fraction of sp³-hybridized carbons (Fsp3) is 0.304. The number of benzene rings is 2. The summed E-state index contributed by atoms with van der Waals surface area (Å²) in [6.45, 7) is 5.91. The number of aromatic nitrogens is 1. The van der Waals surface area contributed by atoms with Gasteiger partial charge in [0.15, 0.2) is 6.61 Å². The molecule has 0 radical (unpaired) electrons. The Kier molecular flexibility index (Phi) is 5.75. The van der Waals surface area contributed by atoms with Crippen molar-refractivity contribution in [1.82, 2.24) is 4.98 Å². The smallest absolute Gasteiger partial charge is 0.313 e. The molecule has 0 aliphatic carbocycles. The van der Waals surface area contributed by atoms with Crippen molar-refractivity contribution >= 4 is 22.7 Å². The lowest BCUT2D eigenvalue weighted by Crippen LogP contribution is -2.18. The first-order valence-electron chi connectivity index (χ1n) is 9.30. The molecule has 0 amide bonds. The van der Waals surface area contributed by atoms with Crippen LogP contribution in [0.4, 0.5) is 0 Å². The number of aromatic amines is 1. The Hall–Kier alpha value is -2.88. The van der Waals surface area contributed by atoms with E-state index in [9.17, 15) is 9.59 Å². The van der Waals surface area contributed by atoms with Crippen LogP contribution < -0.4 is 0 Å². The zero-order valence-electron chi connectivity index (χ0n) is 16.0. The van der Waals surface area contributed by atoms with Gasteiger partial charge in [0.2, 0.25) is 5.78 Å². The zero-order valence-corrected chi connectivity index (χ0v) is 16.0. The highest BCUT2D eigenvalue weighted by atomic mass is 16.5. The highest BCUT2D eigenvalue weighted by molar-refractivity contribution is 6.08. The number of ketones is 1. The van der Waals surface area contributed by atoms with Gasteiger partial charge in [-0.25, -0.2) is 0 Å². The van der Waals surface area contributed by atoms with Crippen molar-refractivity contribution in [2.45, 2.75) is 33.1 Å². The van der Waals surface area contributed by atoms with E-state index < -0.39 is 5.92 Å². The molecule has 1 atom stereocenters. The number of para-hydroxylation sites is 1. The normalized spacial score (nSPS) is 12.3. The Morgan fingerprint density at radius 3 is 2.41 bits per heavy atom. The molecule has 140 valence electrons. The van der Waals surface area contributed by atoms with Crippen molar-refractivity contribution in [3.63, 3.8) is 0 Å². The van der Waals surface area contributed by atoms with E-state index in [-0.39, 0.29) is 18.4 Å². The summed E-state index contributed by atoms with van der Waals surface area (Å²) in [7, 11) is 0. The molecule has 4 nitrogen and oxygen atoms in total. The number of H-pyrrole nitrogens is 1. The van der Waals surface area contributed by atoms with Crippen LogP contribution in [-0.2, 0) is 16.0 Å². The van der Waals surface area contributed by atoms with Crippen molar-refractivity contribution in [3.05, 3.63) is 71.4 Å². The maximum atomic E-state index is 12.4. The van der Waals surface area contributed by atoms with Crippen molar-refractivity contribution in [2.75, 3.05) is 6.61 Å². The van der Waals surface area contributed by atoms with E-state index >= 15 is 0 Å². The van der Waals surface area contributed by atoms with Crippen molar-refractivity contribution in [3.8, 4) is 0 Å². The Labute approximate surface area is 159 Å². The van der Waals surface area contributed by atoms with Crippen LogP contribution in [0, 0.1) is 5.92 Å². The minimum Gasteiger partial charge on any atom is -0.457 e. The number of rotatable bonds is 7. The van der Waals surface area contributed by atoms with Gasteiger partial charge in [0, 0.05) is 22.7 Å². The van der Waals surface area contributed by atoms with Gasteiger partial charge in [-0.15, -0.1) is 0 Å². The molecular formula is C23H25NO3. The Morgan fingerprint density at radius 2 is 1.70 bits per heavy atom. The first-order valence-corrected chi connectivity index (χ1v) is 9.30. The first kappa shape index (κ1) is 18.9. The van der Waals surface area contributed by atoms with Crippen LogP contribution in [0.3, 0.4) is 0 Å². The van der Waals surface area contributed by atoms with Gasteiger partial charge in [-0.05, 0) is 36.5 Å². The molecule has 1 heterocycles. The predicted octanol–water partition coefficient (Wildman–Crippen LogP) is 4.90. The molecule has 0 aliphatic heterocycles. The average molecular weight is 363 g/mol. The van der Waals surface area contributed by atoms with E-state index in [2.05, 4.69) is 31.0 Å². The molecule has 0 aliphatic rings. The van der Waals surface area contributed by atoms with Crippen LogP contribution in [0.25, 0.3) is 10.9 Å². The number of carbonyl (C=O) groups excluding carboxylic acids is 2. The SMILES string of the molecule is CC(C)Cc1ccc([C@H](C)C(=O)OCC(=O)c2c[nH]c3ccccc23)cc1. The molecule has 0 unspecified atom stereocenters. The summed E-state index contributed by atoms with van der Waals surface area (Å²) in [5.74, 6) is -0.414. The first-order chi connectivity index (χ1) is 13.0. The van der Waals surface area contributed by atoms with Crippen LogP contribution in [0.2, 0.25) is 0 Å². The summed E-state index contributed by atoms with van der Waals surface area (Å²) in [6, 6.07) is 15.6. The molecular weight excluding hydrogens is 338 g/mol. The summed E-state index contributed by atoms with van der Waals surface area (Å²) in [4.78, 5) is 27.9. The average Bonchev–Trinajstić information content (AvgIpc) is 3.09. The lowest BCUT2D eigenvalue weighted by atomic mass is 9.97. The van der Waals surface area contributed by atoms with Crippen molar-refractivity contribution in [2.24, 2.45) is 5.92 Å². The van der Waals surface area contributed by atoms with Crippen LogP contribution in [0.1, 0.15) is 48.2 Å². The number of ether oxygens (including phenoxy) is 1. The van der Waals surface area contributed by atoms with E-state index in [1.54, 1.807) is 13.1 Å². The van der Waals surface area contributed by atoms with Crippen molar-refractivity contribution < 1.29 is 14.3 Å². The third-order valence-electron chi connectivity index (χ3n) is 4.71. The number of nitrogens with one attached hydrogen (secondary N) is 1. The van der Waals surface area contributed by atoms with Crippen LogP contribution in [-0.4, -0.2) is 23.3 Å². The van der Waals surface area contributed by atoms with Crippen LogP contribution in [0.15, 0.2) is 54.7 Å². The van der Waals surface area contributed by atoms with Crippen LogP contribution in [0.5, 0.6) is 0 Å². The predicted molar refractivity (Wildman–Crippen MR) is 107 cm³/mol. The van der Waals surface area contributed by atoms with Gasteiger partial charge >= 0.3 is 5.97 Å². The van der Waals surface area contributed by atoms with E-state index in [4.69, 9.17) is 4.74 Å². The minimum atomic E-state index is -0.408. The monoisotopic (exact) mass is 363 g/mol. The molecule has 0 fully saturated rings. The number of hydrogen-bond donors (Lipinski definition) is 1. The van der Waals surface area contributed by atoms with Crippen molar-refractivity contribution in [1.29, 1.82) is 0 Å². The largest absolute Gasteiger partial charge is 0.457 e. The third-order valence-corrected chi connectivity index (χ3v) is 4.71. The van der Waals surface area contributed by atoms with Gasteiger partial charge in [0.1, 0.15) is 0 Å². The fourth-order valence-corrected chi connectivity index (χ4v) is 3.19. The standard InChI is InChI=1S/C23H25NO3/c1-15(2)12-17-8-10-18(11-9-17)16(3)23(26)27-14-22(25)20-13-24-21-7-5-4-6-19(20)21/h4-11,13,15-16,24H,12,14H2,1-3H3/t16-/m0/s1. The maximum absolute atomic E-state index is 12.4. The van der Waals surface area contributed by atoms with Gasteiger partial charge in [-0.1, -0.05) is 56.3 Å². The molecule has 0 saturated heterocycles. The van der Waals surface area contributed by atoms with Gasteiger partial charge in [0.05, 0.1) is 5.92 Å². The molecule has 0 bridgehead atoms. The fourth-order valence-electron chi connectivity index (χ4n) is 3.19. The highest BCUT2D eigenvalue weighted by Crippen LogP contribution is 2.21. The topological polar surface area (TPSA) is 59.2 Å². The summed E-state index contributed by atoms with van der Waals surface area (Å²) < 4.78 is 5.29. The third kappa shape index (κ3) is 4.45. The molecule has 0 spiro atoms. The summed E-state index contributed by atoms with van der Waals surface area (Å²) in [5, 5.41) is 0.840. The molecule has 1 N–H and O–H groups in total. The molecule has 3 rings (SSSR count). The number of esters is 1. The number of Topliss-reactive ketones (excluding diaryl/α,β-unsaturated/α-hetero) is 1. The van der Waals surface area contributed by atoms with E-state index in [0.29, 0.717) is 11.5 Å². The Bertz CT molecular complexity index is 938. The Balaban J connectivity index is 1.60. The highest BCUT2D eigenvalue weighted by Gasteiger charge is 2.19. The second-order valence-corrected chi connectivity index (χ2v) is 7.34. The lowest BCUT2D eigenvalue weighted by molar-refractivity contribution is -0.143. The zero-order chi connectivity index (χ0) is 19.4. The molecule has 27 heavy (non-hydrogen) atoms. The summed E-state index contributed by atoms with van der Waals surface area (Å²) >= 11 is 0. The van der Waals surface area contributed by atoms with Gasteiger partial charge < -0.3 is 9.72 Å². The summed E-state index contributed by atoms with van der Waals surface area (Å²) in [5.41, 5.74) is 3.59. The summed E-state index contributed by atoms with van der Waals surface area (Å²) in [6.07, 6.45) is 2.68. The molecule has 0 saturated carbocycles. The van der Waals surface area contributed by atoms with Crippen LogP contribution >= 0.6 is 0 Å². The van der Waals surface area contributed by atoms with E-state index in [1.165, 1.54) is 5.56 Å². The van der Waals surface area contributed by atoms with E-state index in [1.807, 2.05) is 36.4 Å². The van der Waals surface area contributed by atoms with Gasteiger partial charge in [-0.2, -0.15) is 0 Å². The quantitative estimate of drug-likeness (QED) is 0.480. The lowest BCUT2D eigenvalue weighted by Gasteiger charge is -2.12. The maximum Gasteiger partial charge on any atom is 0.313 e. The number of carbonyl (C=O) groups is 2.